The lowest BCUT2D eigenvalue weighted by Crippen LogP contribution is -2.07. The van der Waals surface area contributed by atoms with Gasteiger partial charge in [-0.05, 0) is 35.0 Å². The molecular weight excluding hydrogens is 398 g/mol. The lowest BCUT2D eigenvalue weighted by atomic mass is 10.2. The SMILES string of the molecule is CCOC(=O)Cc1csc(N/N=C\c2ccc(OC)c(O)c2Br)n1. The van der Waals surface area contributed by atoms with E-state index in [2.05, 4.69) is 31.4 Å². The van der Waals surface area contributed by atoms with E-state index in [-0.39, 0.29) is 18.1 Å². The number of nitrogens with one attached hydrogen (secondary N) is 1. The largest absolute Gasteiger partial charge is 0.503 e. The number of carbonyl (C=O) groups is 1. The molecule has 7 nitrogen and oxygen atoms in total. The van der Waals surface area contributed by atoms with E-state index in [4.69, 9.17) is 9.47 Å². The quantitative estimate of drug-likeness (QED) is 0.411. The van der Waals surface area contributed by atoms with Crippen molar-refractivity contribution in [2.75, 3.05) is 19.1 Å². The number of methoxy groups -OCH3 is 1. The van der Waals surface area contributed by atoms with E-state index in [0.29, 0.717) is 33.2 Å². The topological polar surface area (TPSA) is 93.0 Å². The van der Waals surface area contributed by atoms with E-state index in [1.54, 1.807) is 24.4 Å². The molecule has 0 fully saturated rings. The van der Waals surface area contributed by atoms with Gasteiger partial charge < -0.3 is 14.6 Å². The van der Waals surface area contributed by atoms with E-state index < -0.39 is 0 Å². The number of esters is 1. The third-order valence-electron chi connectivity index (χ3n) is 2.88. The molecule has 0 saturated heterocycles. The summed E-state index contributed by atoms with van der Waals surface area (Å²) in [5.41, 5.74) is 4.08. The first-order valence-corrected chi connectivity index (χ1v) is 8.67. The molecule has 1 aromatic heterocycles. The average molecular weight is 414 g/mol. The third-order valence-corrected chi connectivity index (χ3v) is 4.50. The van der Waals surface area contributed by atoms with E-state index in [9.17, 15) is 9.90 Å². The molecular formula is C15H16BrN3O4S. The summed E-state index contributed by atoms with van der Waals surface area (Å²) >= 11 is 4.62. The lowest BCUT2D eigenvalue weighted by molar-refractivity contribution is -0.142. The number of rotatable bonds is 7. The van der Waals surface area contributed by atoms with Crippen molar-refractivity contribution in [3.63, 3.8) is 0 Å². The Balaban J connectivity index is 1.99. The molecule has 0 spiro atoms. The summed E-state index contributed by atoms with van der Waals surface area (Å²) in [5.74, 6) is 0.0680. The second-order valence-electron chi connectivity index (χ2n) is 4.52. The Kier molecular flexibility index (Phi) is 6.56. The monoisotopic (exact) mass is 413 g/mol. The number of thiazole rings is 1. The van der Waals surface area contributed by atoms with Gasteiger partial charge in [0.05, 0.1) is 36.5 Å². The van der Waals surface area contributed by atoms with E-state index >= 15 is 0 Å². The van der Waals surface area contributed by atoms with Crippen LogP contribution in [-0.2, 0) is 16.0 Å². The number of hydrazone groups is 1. The van der Waals surface area contributed by atoms with Crippen LogP contribution in [0.4, 0.5) is 5.13 Å². The maximum atomic E-state index is 11.4. The summed E-state index contributed by atoms with van der Waals surface area (Å²) in [4.78, 5) is 15.6. The molecule has 1 heterocycles. The predicted octanol–water partition coefficient (Wildman–Crippen LogP) is 3.17. The van der Waals surface area contributed by atoms with Crippen molar-refractivity contribution < 1.29 is 19.4 Å². The zero-order valence-electron chi connectivity index (χ0n) is 13.1. The number of aromatic hydroxyl groups is 1. The zero-order valence-corrected chi connectivity index (χ0v) is 15.5. The number of nitrogens with zero attached hydrogens (tertiary/aromatic N) is 2. The van der Waals surface area contributed by atoms with Gasteiger partial charge in [-0.2, -0.15) is 5.10 Å². The lowest BCUT2D eigenvalue weighted by Gasteiger charge is -2.06. The molecule has 9 heteroatoms. The maximum absolute atomic E-state index is 11.4. The molecule has 0 aliphatic heterocycles. The van der Waals surface area contributed by atoms with Crippen LogP contribution in [-0.4, -0.2) is 36.0 Å². The fourth-order valence-corrected chi connectivity index (χ4v) is 2.87. The number of ether oxygens (including phenoxy) is 2. The number of hydrogen-bond acceptors (Lipinski definition) is 8. The number of aromatic nitrogens is 1. The number of phenols is 1. The molecule has 0 aliphatic rings. The van der Waals surface area contributed by atoms with Crippen molar-refractivity contribution in [2.45, 2.75) is 13.3 Å². The Hall–Kier alpha value is -2.13. The Morgan fingerprint density at radius 2 is 2.33 bits per heavy atom. The summed E-state index contributed by atoms with van der Waals surface area (Å²) in [7, 11) is 1.48. The van der Waals surface area contributed by atoms with Crippen LogP contribution in [0.1, 0.15) is 18.2 Å². The van der Waals surface area contributed by atoms with Gasteiger partial charge in [0, 0.05) is 10.9 Å². The third kappa shape index (κ3) is 4.68. The number of benzene rings is 1. The number of anilines is 1. The van der Waals surface area contributed by atoms with Gasteiger partial charge in [0.2, 0.25) is 5.13 Å². The minimum atomic E-state index is -0.310. The molecule has 128 valence electrons. The Morgan fingerprint density at radius 3 is 3.04 bits per heavy atom. The van der Waals surface area contributed by atoms with Crippen LogP contribution < -0.4 is 10.2 Å². The second-order valence-corrected chi connectivity index (χ2v) is 6.17. The fraction of sp³-hybridized carbons (Fsp3) is 0.267. The fourth-order valence-electron chi connectivity index (χ4n) is 1.78. The van der Waals surface area contributed by atoms with Gasteiger partial charge >= 0.3 is 5.97 Å². The number of hydrogen-bond donors (Lipinski definition) is 2. The Morgan fingerprint density at radius 1 is 1.54 bits per heavy atom. The van der Waals surface area contributed by atoms with Crippen LogP contribution in [0.2, 0.25) is 0 Å². The highest BCUT2D eigenvalue weighted by atomic mass is 79.9. The summed E-state index contributed by atoms with van der Waals surface area (Å²) in [5, 5.41) is 16.3. The highest BCUT2D eigenvalue weighted by Crippen LogP contribution is 2.35. The minimum Gasteiger partial charge on any atom is -0.503 e. The molecule has 0 radical (unpaired) electrons. The number of carbonyl (C=O) groups excluding carboxylic acids is 1. The Labute approximate surface area is 151 Å². The van der Waals surface area contributed by atoms with Crippen molar-refractivity contribution in [3.8, 4) is 11.5 Å². The summed E-state index contributed by atoms with van der Waals surface area (Å²) in [6.07, 6.45) is 1.67. The van der Waals surface area contributed by atoms with Crippen LogP contribution in [0.5, 0.6) is 11.5 Å². The van der Waals surface area contributed by atoms with Gasteiger partial charge in [-0.1, -0.05) is 0 Å². The van der Waals surface area contributed by atoms with Crippen molar-refractivity contribution in [3.05, 3.63) is 33.2 Å². The number of halogens is 1. The molecule has 0 bridgehead atoms. The molecule has 2 aromatic rings. The van der Waals surface area contributed by atoms with E-state index in [1.807, 2.05) is 0 Å². The van der Waals surface area contributed by atoms with Crippen LogP contribution in [0.15, 0.2) is 27.1 Å². The molecule has 1 aromatic carbocycles. The highest BCUT2D eigenvalue weighted by molar-refractivity contribution is 9.10. The van der Waals surface area contributed by atoms with Crippen molar-refractivity contribution >= 4 is 44.6 Å². The molecule has 0 saturated carbocycles. The summed E-state index contributed by atoms with van der Waals surface area (Å²) in [6, 6.07) is 3.39. The van der Waals surface area contributed by atoms with Crippen LogP contribution in [0.25, 0.3) is 0 Å². The first-order valence-electron chi connectivity index (χ1n) is 6.99. The highest BCUT2D eigenvalue weighted by Gasteiger charge is 2.10. The molecule has 0 amide bonds. The minimum absolute atomic E-state index is 0.00687. The molecule has 2 N–H and O–H groups in total. The Bertz CT molecular complexity index is 748. The zero-order chi connectivity index (χ0) is 17.5. The summed E-state index contributed by atoms with van der Waals surface area (Å²) in [6.45, 7) is 2.11. The first kappa shape index (κ1) is 18.2. The van der Waals surface area contributed by atoms with Crippen molar-refractivity contribution in [1.82, 2.24) is 4.98 Å². The van der Waals surface area contributed by atoms with Crippen LogP contribution >= 0.6 is 27.3 Å². The summed E-state index contributed by atoms with van der Waals surface area (Å²) < 4.78 is 10.4. The van der Waals surface area contributed by atoms with Gasteiger partial charge in [0.1, 0.15) is 0 Å². The van der Waals surface area contributed by atoms with Gasteiger partial charge in [0.15, 0.2) is 11.5 Å². The smallest absolute Gasteiger partial charge is 0.311 e. The van der Waals surface area contributed by atoms with Gasteiger partial charge in [-0.3, -0.25) is 10.2 Å². The standard InChI is InChI=1S/C15H16BrN3O4S/c1-3-23-12(20)6-10-8-24-15(18-10)19-17-7-9-4-5-11(22-2)14(21)13(9)16/h4-5,7-8,21H,3,6H2,1-2H3,(H,18,19)/b17-7-. The van der Waals surface area contributed by atoms with Crippen molar-refractivity contribution in [1.29, 1.82) is 0 Å². The number of phenolic OH excluding ortho intramolecular Hbond substituents is 1. The first-order chi connectivity index (χ1) is 11.5. The van der Waals surface area contributed by atoms with E-state index in [1.165, 1.54) is 24.7 Å². The van der Waals surface area contributed by atoms with Crippen LogP contribution in [0.3, 0.4) is 0 Å². The average Bonchev–Trinajstić information content (AvgIpc) is 2.99. The van der Waals surface area contributed by atoms with Gasteiger partial charge in [-0.25, -0.2) is 4.98 Å². The normalized spacial score (nSPS) is 10.8. The molecule has 0 atom stereocenters. The molecule has 24 heavy (non-hydrogen) atoms. The molecule has 0 unspecified atom stereocenters. The van der Waals surface area contributed by atoms with Gasteiger partial charge in [0.25, 0.3) is 0 Å². The maximum Gasteiger partial charge on any atom is 0.311 e. The van der Waals surface area contributed by atoms with Crippen LogP contribution in [0, 0.1) is 0 Å². The molecule has 2 rings (SSSR count). The second kappa shape index (κ2) is 8.65. The predicted molar refractivity (Wildman–Crippen MR) is 96.0 cm³/mol. The van der Waals surface area contributed by atoms with E-state index in [0.717, 1.165) is 0 Å². The molecule has 0 aliphatic carbocycles. The van der Waals surface area contributed by atoms with Crippen molar-refractivity contribution in [2.24, 2.45) is 5.10 Å². The van der Waals surface area contributed by atoms with Gasteiger partial charge in [-0.15, -0.1) is 11.3 Å².